The predicted octanol–water partition coefficient (Wildman–Crippen LogP) is 4.56. The van der Waals surface area contributed by atoms with Crippen molar-refractivity contribution in [3.63, 3.8) is 0 Å². The van der Waals surface area contributed by atoms with Gasteiger partial charge in [-0.25, -0.2) is 4.79 Å². The molecule has 0 fully saturated rings. The van der Waals surface area contributed by atoms with Gasteiger partial charge in [0, 0.05) is 29.1 Å². The zero-order valence-corrected chi connectivity index (χ0v) is 16.2. The Morgan fingerprint density at radius 3 is 2.31 bits per heavy atom. The Kier molecular flexibility index (Phi) is 6.98. The van der Waals surface area contributed by atoms with Gasteiger partial charge >= 0.3 is 19.2 Å². The zero-order valence-electron chi connectivity index (χ0n) is 16.2. The lowest BCUT2D eigenvalue weighted by Gasteiger charge is -2.26. The van der Waals surface area contributed by atoms with Crippen LogP contribution in [0.5, 0.6) is 11.5 Å². The van der Waals surface area contributed by atoms with Gasteiger partial charge in [0.1, 0.15) is 0 Å². The van der Waals surface area contributed by atoms with Crippen LogP contribution >= 0.6 is 0 Å². The Balaban J connectivity index is 2.09. The Morgan fingerprint density at radius 2 is 1.66 bits per heavy atom. The third kappa shape index (κ3) is 5.78. The highest BCUT2D eigenvalue weighted by Gasteiger charge is 2.20. The maximum atomic E-state index is 12.8. The number of carboxylic acids is 1. The van der Waals surface area contributed by atoms with Crippen LogP contribution in [0.15, 0.2) is 67.0 Å². The lowest BCUT2D eigenvalue weighted by atomic mass is 10.1. The Bertz CT molecular complexity index is 1100. The van der Waals surface area contributed by atoms with Crippen molar-refractivity contribution < 1.29 is 41.7 Å². The molecular formula is C21H16F4N2O5. The van der Waals surface area contributed by atoms with E-state index in [2.05, 4.69) is 9.47 Å². The molecule has 7 nitrogen and oxygen atoms in total. The lowest BCUT2D eigenvalue weighted by molar-refractivity contribution is -0.605. The molecule has 1 aromatic heterocycles. The summed E-state index contributed by atoms with van der Waals surface area (Å²) in [5, 5.41) is 20.9. The van der Waals surface area contributed by atoms with Crippen LogP contribution in [0.4, 0.5) is 28.9 Å². The Morgan fingerprint density at radius 1 is 0.969 bits per heavy atom. The number of rotatable bonds is 9. The number of aromatic nitrogens is 1. The van der Waals surface area contributed by atoms with Gasteiger partial charge < -0.3 is 24.7 Å². The number of halogens is 4. The molecule has 168 valence electrons. The van der Waals surface area contributed by atoms with Crippen LogP contribution in [0.1, 0.15) is 15.9 Å². The summed E-state index contributed by atoms with van der Waals surface area (Å²) in [4.78, 5) is 12.9. The summed E-state index contributed by atoms with van der Waals surface area (Å²) >= 11 is 0. The fourth-order valence-corrected chi connectivity index (χ4v) is 2.96. The maximum Gasteiger partial charge on any atom is 0.387 e. The van der Waals surface area contributed by atoms with Crippen LogP contribution in [0.3, 0.4) is 0 Å². The summed E-state index contributed by atoms with van der Waals surface area (Å²) < 4.78 is 60.1. The molecule has 0 amide bonds. The van der Waals surface area contributed by atoms with E-state index >= 15 is 0 Å². The minimum atomic E-state index is -3.30. The minimum Gasteiger partial charge on any atom is -0.619 e. The van der Waals surface area contributed by atoms with Crippen molar-refractivity contribution in [2.45, 2.75) is 19.8 Å². The van der Waals surface area contributed by atoms with Crippen molar-refractivity contribution in [2.75, 3.05) is 4.90 Å². The molecule has 0 unspecified atom stereocenters. The number of carbonyl (C=O) groups is 1. The quantitative estimate of drug-likeness (QED) is 0.291. The molecule has 1 heterocycles. The number of nitrogens with zero attached hydrogens (tertiary/aromatic N) is 2. The first-order valence-electron chi connectivity index (χ1n) is 9.05. The van der Waals surface area contributed by atoms with Crippen molar-refractivity contribution in [2.24, 2.45) is 0 Å². The monoisotopic (exact) mass is 452 g/mol. The van der Waals surface area contributed by atoms with Crippen LogP contribution in [-0.2, 0) is 6.54 Å². The number of hydrogen-bond acceptors (Lipinski definition) is 5. The first-order valence-corrected chi connectivity index (χ1v) is 9.05. The van der Waals surface area contributed by atoms with Crippen molar-refractivity contribution >= 4 is 17.3 Å². The SMILES string of the molecule is O=C(O)c1cccc(N(Cc2ccc[n+]([O-])c2)c2ccc(OC(F)F)c(OC(F)F)c2)c1. The van der Waals surface area contributed by atoms with Gasteiger partial charge in [-0.15, -0.1) is 0 Å². The highest BCUT2D eigenvalue weighted by Crippen LogP contribution is 2.37. The van der Waals surface area contributed by atoms with E-state index in [9.17, 15) is 32.7 Å². The molecule has 11 heteroatoms. The van der Waals surface area contributed by atoms with Gasteiger partial charge in [-0.05, 0) is 36.4 Å². The Labute approximate surface area is 179 Å². The van der Waals surface area contributed by atoms with E-state index in [0.29, 0.717) is 16.0 Å². The molecule has 0 atom stereocenters. The normalized spacial score (nSPS) is 10.9. The maximum absolute atomic E-state index is 12.8. The molecule has 32 heavy (non-hydrogen) atoms. The topological polar surface area (TPSA) is 85.9 Å². The highest BCUT2D eigenvalue weighted by molar-refractivity contribution is 5.89. The number of ether oxygens (including phenoxy) is 2. The molecule has 0 radical (unpaired) electrons. The van der Waals surface area contributed by atoms with Gasteiger partial charge in [0.2, 0.25) is 0 Å². The van der Waals surface area contributed by atoms with E-state index in [1.165, 1.54) is 47.6 Å². The molecule has 0 spiro atoms. The van der Waals surface area contributed by atoms with E-state index in [-0.39, 0.29) is 17.8 Å². The molecular weight excluding hydrogens is 436 g/mol. The Hall–Kier alpha value is -4.02. The van der Waals surface area contributed by atoms with Gasteiger partial charge in [0.15, 0.2) is 23.9 Å². The van der Waals surface area contributed by atoms with Gasteiger partial charge in [-0.1, -0.05) is 6.07 Å². The van der Waals surface area contributed by atoms with Crippen LogP contribution < -0.4 is 19.1 Å². The fraction of sp³-hybridized carbons (Fsp3) is 0.143. The number of pyridine rings is 1. The summed E-state index contributed by atoms with van der Waals surface area (Å²) in [6, 6.07) is 12.3. The van der Waals surface area contributed by atoms with Gasteiger partial charge in [-0.2, -0.15) is 22.3 Å². The van der Waals surface area contributed by atoms with E-state index in [1.54, 1.807) is 12.1 Å². The van der Waals surface area contributed by atoms with Crippen LogP contribution in [0.25, 0.3) is 0 Å². The second-order valence-corrected chi connectivity index (χ2v) is 6.40. The number of anilines is 2. The molecule has 3 rings (SSSR count). The van der Waals surface area contributed by atoms with E-state index in [0.717, 1.165) is 12.1 Å². The molecule has 0 aliphatic rings. The minimum absolute atomic E-state index is 0.0231. The summed E-state index contributed by atoms with van der Waals surface area (Å²) in [6.07, 6.45) is 2.54. The number of hydrogen-bond donors (Lipinski definition) is 1. The molecule has 2 aromatic carbocycles. The molecule has 1 N–H and O–H groups in total. The van der Waals surface area contributed by atoms with E-state index < -0.39 is 30.7 Å². The molecule has 0 bridgehead atoms. The molecule has 0 saturated carbocycles. The molecule has 0 aliphatic heterocycles. The van der Waals surface area contributed by atoms with E-state index in [4.69, 9.17) is 0 Å². The van der Waals surface area contributed by atoms with Crippen molar-refractivity contribution in [3.05, 3.63) is 83.3 Å². The number of alkyl halides is 4. The second-order valence-electron chi connectivity index (χ2n) is 6.40. The first kappa shape index (κ1) is 22.7. The second kappa shape index (κ2) is 9.86. The van der Waals surface area contributed by atoms with Crippen LogP contribution in [0.2, 0.25) is 0 Å². The van der Waals surface area contributed by atoms with E-state index in [1.807, 2.05) is 0 Å². The lowest BCUT2D eigenvalue weighted by Crippen LogP contribution is -2.26. The summed E-state index contributed by atoms with van der Waals surface area (Å²) in [7, 11) is 0. The third-order valence-corrected chi connectivity index (χ3v) is 4.25. The highest BCUT2D eigenvalue weighted by atomic mass is 19.3. The van der Waals surface area contributed by atoms with Gasteiger partial charge in [0.05, 0.1) is 12.1 Å². The third-order valence-electron chi connectivity index (χ3n) is 4.25. The summed E-state index contributed by atoms with van der Waals surface area (Å²) in [5.41, 5.74) is 1.01. The first-order chi connectivity index (χ1) is 15.2. The van der Waals surface area contributed by atoms with Gasteiger partial charge in [-0.3, -0.25) is 0 Å². The van der Waals surface area contributed by atoms with Crippen LogP contribution in [0, 0.1) is 5.21 Å². The van der Waals surface area contributed by atoms with Crippen molar-refractivity contribution in [1.82, 2.24) is 0 Å². The summed E-state index contributed by atoms with van der Waals surface area (Å²) in [5.74, 6) is -2.42. The van der Waals surface area contributed by atoms with Gasteiger partial charge in [0.25, 0.3) is 0 Å². The number of carboxylic acid groups (broad SMARTS) is 1. The van der Waals surface area contributed by atoms with Crippen LogP contribution in [-0.4, -0.2) is 24.3 Å². The van der Waals surface area contributed by atoms with Crippen molar-refractivity contribution in [3.8, 4) is 11.5 Å². The molecule has 0 aliphatic carbocycles. The average molecular weight is 452 g/mol. The fourth-order valence-electron chi connectivity index (χ4n) is 2.96. The molecule has 3 aromatic rings. The van der Waals surface area contributed by atoms with Crippen molar-refractivity contribution in [1.29, 1.82) is 0 Å². The zero-order chi connectivity index (χ0) is 23.3. The largest absolute Gasteiger partial charge is 0.619 e. The summed E-state index contributed by atoms with van der Waals surface area (Å²) in [6.45, 7) is -6.54. The number of benzene rings is 2. The number of aromatic carboxylic acids is 1. The predicted molar refractivity (Wildman–Crippen MR) is 104 cm³/mol. The average Bonchev–Trinajstić information content (AvgIpc) is 2.73. The molecule has 0 saturated heterocycles. The smallest absolute Gasteiger partial charge is 0.387 e. The standard InChI is InChI=1S/C21H16F4N2O5/c22-20(23)31-17-7-6-16(10-18(17)32-21(24)25)27(12-13-3-2-8-26(30)11-13)15-5-1-4-14(9-15)19(28)29/h1-11,20-21H,12H2,(H,28,29).